The number of amides is 2. The standard InChI is InChI=1S/C17H24N2O3/c1-2-22-17(21)18-15-9-6-12-19(13-15)16(20)11-10-14-7-4-3-5-8-14/h3-5,7-8,15H,2,6,9-13H2,1H3,(H,18,21)/t15-/m0/s1. The number of carbonyl (C=O) groups is 2. The van der Waals surface area contributed by atoms with Crippen LogP contribution in [0.2, 0.25) is 0 Å². The molecule has 5 heteroatoms. The first-order chi connectivity index (χ1) is 10.7. The number of nitrogens with zero attached hydrogens (tertiary/aromatic N) is 1. The first kappa shape index (κ1) is 16.3. The highest BCUT2D eigenvalue weighted by molar-refractivity contribution is 5.76. The Balaban J connectivity index is 1.78. The fourth-order valence-electron chi connectivity index (χ4n) is 2.71. The largest absolute Gasteiger partial charge is 0.450 e. The lowest BCUT2D eigenvalue weighted by atomic mass is 10.0. The number of carbonyl (C=O) groups excluding carboxylic acids is 2. The zero-order valence-corrected chi connectivity index (χ0v) is 13.1. The van der Waals surface area contributed by atoms with E-state index in [4.69, 9.17) is 4.74 Å². The van der Waals surface area contributed by atoms with Gasteiger partial charge in [0.15, 0.2) is 0 Å². The van der Waals surface area contributed by atoms with Crippen molar-refractivity contribution in [1.29, 1.82) is 0 Å². The van der Waals surface area contributed by atoms with Gasteiger partial charge in [-0.05, 0) is 31.7 Å². The highest BCUT2D eigenvalue weighted by atomic mass is 16.5. The molecular weight excluding hydrogens is 280 g/mol. The topological polar surface area (TPSA) is 58.6 Å². The van der Waals surface area contributed by atoms with Crippen molar-refractivity contribution in [2.24, 2.45) is 0 Å². The number of hydrogen-bond acceptors (Lipinski definition) is 3. The Morgan fingerprint density at radius 2 is 2.09 bits per heavy atom. The fourth-order valence-corrected chi connectivity index (χ4v) is 2.71. The predicted molar refractivity (Wildman–Crippen MR) is 84.5 cm³/mol. The van der Waals surface area contributed by atoms with E-state index in [1.54, 1.807) is 6.92 Å². The summed E-state index contributed by atoms with van der Waals surface area (Å²) in [5, 5.41) is 2.82. The minimum absolute atomic E-state index is 0.00604. The number of hydrogen-bond donors (Lipinski definition) is 1. The molecule has 0 aliphatic carbocycles. The Labute approximate surface area is 131 Å². The van der Waals surface area contributed by atoms with Crippen LogP contribution in [0, 0.1) is 0 Å². The van der Waals surface area contributed by atoms with E-state index in [0.717, 1.165) is 25.8 Å². The van der Waals surface area contributed by atoms with Gasteiger partial charge in [0.05, 0.1) is 6.61 Å². The summed E-state index contributed by atoms with van der Waals surface area (Å²) in [6.45, 7) is 3.49. The van der Waals surface area contributed by atoms with Crippen LogP contribution in [0.5, 0.6) is 0 Å². The van der Waals surface area contributed by atoms with Gasteiger partial charge >= 0.3 is 6.09 Å². The van der Waals surface area contributed by atoms with Crippen LogP contribution >= 0.6 is 0 Å². The van der Waals surface area contributed by atoms with Crippen LogP contribution in [0.15, 0.2) is 30.3 Å². The lowest BCUT2D eigenvalue weighted by Crippen LogP contribution is -2.49. The second-order valence-corrected chi connectivity index (χ2v) is 5.53. The number of aryl methyl sites for hydroxylation is 1. The zero-order valence-electron chi connectivity index (χ0n) is 13.1. The highest BCUT2D eigenvalue weighted by Gasteiger charge is 2.24. The van der Waals surface area contributed by atoms with Gasteiger partial charge in [-0.2, -0.15) is 0 Å². The molecule has 0 aromatic heterocycles. The van der Waals surface area contributed by atoms with E-state index in [9.17, 15) is 9.59 Å². The summed E-state index contributed by atoms with van der Waals surface area (Å²) in [5.41, 5.74) is 1.18. The Morgan fingerprint density at radius 3 is 2.82 bits per heavy atom. The smallest absolute Gasteiger partial charge is 0.407 e. The van der Waals surface area contributed by atoms with E-state index in [1.807, 2.05) is 35.2 Å². The number of alkyl carbamates (subject to hydrolysis) is 1. The average Bonchev–Trinajstić information content (AvgIpc) is 2.54. The molecule has 1 fully saturated rings. The molecule has 0 bridgehead atoms. The summed E-state index contributed by atoms with van der Waals surface area (Å²) < 4.78 is 4.89. The number of nitrogens with one attached hydrogen (secondary N) is 1. The highest BCUT2D eigenvalue weighted by Crippen LogP contribution is 2.13. The minimum atomic E-state index is -0.397. The third kappa shape index (κ3) is 5.06. The molecule has 1 saturated heterocycles. The van der Waals surface area contributed by atoms with E-state index in [2.05, 4.69) is 5.32 Å². The summed E-state index contributed by atoms with van der Waals surface area (Å²) in [6.07, 6.45) is 2.67. The van der Waals surface area contributed by atoms with Crippen LogP contribution in [0.1, 0.15) is 31.7 Å². The van der Waals surface area contributed by atoms with E-state index < -0.39 is 6.09 Å². The van der Waals surface area contributed by atoms with E-state index in [-0.39, 0.29) is 11.9 Å². The Hall–Kier alpha value is -2.04. The van der Waals surface area contributed by atoms with Gasteiger partial charge in [-0.1, -0.05) is 30.3 Å². The van der Waals surface area contributed by atoms with Gasteiger partial charge < -0.3 is 15.0 Å². The van der Waals surface area contributed by atoms with Gasteiger partial charge in [0.1, 0.15) is 0 Å². The maximum absolute atomic E-state index is 12.3. The predicted octanol–water partition coefficient (Wildman–Crippen LogP) is 2.36. The van der Waals surface area contributed by atoms with Crippen LogP contribution in [-0.2, 0) is 16.0 Å². The quantitative estimate of drug-likeness (QED) is 0.908. The number of rotatable bonds is 5. The van der Waals surface area contributed by atoms with Gasteiger partial charge in [0.2, 0.25) is 5.91 Å². The molecule has 1 heterocycles. The molecule has 0 unspecified atom stereocenters. The van der Waals surface area contributed by atoms with Crippen molar-refractivity contribution >= 4 is 12.0 Å². The summed E-state index contributed by atoms with van der Waals surface area (Å²) in [6, 6.07) is 10.0. The van der Waals surface area contributed by atoms with Gasteiger partial charge in [0.25, 0.3) is 0 Å². The summed E-state index contributed by atoms with van der Waals surface area (Å²) in [5.74, 6) is 0.152. The van der Waals surface area contributed by atoms with Crippen molar-refractivity contribution in [3.05, 3.63) is 35.9 Å². The van der Waals surface area contributed by atoms with E-state index >= 15 is 0 Å². The van der Waals surface area contributed by atoms with Crippen LogP contribution in [0.25, 0.3) is 0 Å². The van der Waals surface area contributed by atoms with Crippen molar-refractivity contribution in [3.8, 4) is 0 Å². The van der Waals surface area contributed by atoms with Crippen LogP contribution in [0.4, 0.5) is 4.79 Å². The van der Waals surface area contributed by atoms with Crippen molar-refractivity contribution < 1.29 is 14.3 Å². The van der Waals surface area contributed by atoms with E-state index in [0.29, 0.717) is 19.6 Å². The molecule has 0 saturated carbocycles. The summed E-state index contributed by atoms with van der Waals surface area (Å²) in [7, 11) is 0. The normalized spacial score (nSPS) is 17.9. The fraction of sp³-hybridized carbons (Fsp3) is 0.529. The Kier molecular flexibility index (Phi) is 6.25. The number of piperidine rings is 1. The summed E-state index contributed by atoms with van der Waals surface area (Å²) >= 11 is 0. The molecule has 120 valence electrons. The maximum Gasteiger partial charge on any atom is 0.407 e. The molecule has 1 aliphatic rings. The molecule has 0 spiro atoms. The lowest BCUT2D eigenvalue weighted by molar-refractivity contribution is -0.132. The van der Waals surface area contributed by atoms with Gasteiger partial charge in [-0.15, -0.1) is 0 Å². The average molecular weight is 304 g/mol. The molecule has 1 aromatic rings. The SMILES string of the molecule is CCOC(=O)N[C@H]1CCCN(C(=O)CCc2ccccc2)C1. The van der Waals surface area contributed by atoms with Crippen LogP contribution in [0.3, 0.4) is 0 Å². The molecular formula is C17H24N2O3. The van der Waals surface area contributed by atoms with Gasteiger partial charge in [-0.25, -0.2) is 4.79 Å². The number of benzene rings is 1. The maximum atomic E-state index is 12.3. The lowest BCUT2D eigenvalue weighted by Gasteiger charge is -2.33. The Bertz CT molecular complexity index is 490. The van der Waals surface area contributed by atoms with Gasteiger partial charge in [0, 0.05) is 25.6 Å². The molecule has 1 N–H and O–H groups in total. The van der Waals surface area contributed by atoms with Crippen molar-refractivity contribution in [2.45, 2.75) is 38.6 Å². The molecule has 0 radical (unpaired) electrons. The molecule has 22 heavy (non-hydrogen) atoms. The van der Waals surface area contributed by atoms with Gasteiger partial charge in [-0.3, -0.25) is 4.79 Å². The third-order valence-electron chi connectivity index (χ3n) is 3.84. The molecule has 1 aliphatic heterocycles. The third-order valence-corrected chi connectivity index (χ3v) is 3.84. The van der Waals surface area contributed by atoms with E-state index in [1.165, 1.54) is 5.56 Å². The molecule has 1 atom stereocenters. The van der Waals surface area contributed by atoms with Crippen molar-refractivity contribution in [2.75, 3.05) is 19.7 Å². The van der Waals surface area contributed by atoms with Crippen LogP contribution < -0.4 is 5.32 Å². The van der Waals surface area contributed by atoms with Crippen molar-refractivity contribution in [3.63, 3.8) is 0 Å². The molecule has 1 aromatic carbocycles. The number of likely N-dealkylation sites (tertiary alicyclic amines) is 1. The number of ether oxygens (including phenoxy) is 1. The second kappa shape index (κ2) is 8.41. The summed E-state index contributed by atoms with van der Waals surface area (Å²) in [4.78, 5) is 25.6. The Morgan fingerprint density at radius 1 is 1.32 bits per heavy atom. The van der Waals surface area contributed by atoms with Crippen molar-refractivity contribution in [1.82, 2.24) is 10.2 Å². The minimum Gasteiger partial charge on any atom is -0.450 e. The first-order valence-electron chi connectivity index (χ1n) is 7.94. The monoisotopic (exact) mass is 304 g/mol. The molecule has 2 amide bonds. The zero-order chi connectivity index (χ0) is 15.8. The first-order valence-corrected chi connectivity index (χ1v) is 7.94. The van der Waals surface area contributed by atoms with Crippen LogP contribution in [-0.4, -0.2) is 42.6 Å². The second-order valence-electron chi connectivity index (χ2n) is 5.53. The molecule has 2 rings (SSSR count). The molecule has 5 nitrogen and oxygen atoms in total.